The molecule has 0 saturated heterocycles. The van der Waals surface area contributed by atoms with E-state index in [9.17, 15) is 23.1 Å². The maximum absolute atomic E-state index is 12.7. The molecule has 0 radical (unpaired) electrons. The van der Waals surface area contributed by atoms with Gasteiger partial charge in [-0.05, 0) is 38.1 Å². The number of hydrogen-bond acceptors (Lipinski definition) is 4. The van der Waals surface area contributed by atoms with E-state index in [1.54, 1.807) is 0 Å². The largest absolute Gasteiger partial charge is 0.507 e. The van der Waals surface area contributed by atoms with Crippen molar-refractivity contribution in [2.24, 2.45) is 0 Å². The van der Waals surface area contributed by atoms with Crippen LogP contribution in [0.1, 0.15) is 26.3 Å². The lowest BCUT2D eigenvalue weighted by molar-refractivity contribution is -0.137. The third-order valence-corrected chi connectivity index (χ3v) is 3.54. The summed E-state index contributed by atoms with van der Waals surface area (Å²) in [6.07, 6.45) is -4.53. The van der Waals surface area contributed by atoms with Crippen LogP contribution in [0.2, 0.25) is 5.02 Å². The summed E-state index contributed by atoms with van der Waals surface area (Å²) in [5.74, 6) is -0.885. The lowest BCUT2D eigenvalue weighted by Crippen LogP contribution is -2.05. The van der Waals surface area contributed by atoms with E-state index in [0.29, 0.717) is 0 Å². The first kappa shape index (κ1) is 22.8. The number of esters is 1. The molecule has 0 aromatic heterocycles. The van der Waals surface area contributed by atoms with Crippen molar-refractivity contribution >= 4 is 17.6 Å². The summed E-state index contributed by atoms with van der Waals surface area (Å²) < 4.78 is 47.8. The van der Waals surface area contributed by atoms with E-state index < -0.39 is 17.7 Å². The molecule has 0 saturated carbocycles. The van der Waals surface area contributed by atoms with Crippen LogP contribution in [-0.4, -0.2) is 24.3 Å². The highest BCUT2D eigenvalue weighted by atomic mass is 35.5. The molecule has 0 aliphatic carbocycles. The van der Waals surface area contributed by atoms with Gasteiger partial charge in [0.15, 0.2) is 0 Å². The van der Waals surface area contributed by atoms with E-state index in [4.69, 9.17) is 21.1 Å². The van der Waals surface area contributed by atoms with Gasteiger partial charge in [0.1, 0.15) is 11.5 Å². The number of aromatic hydroxyl groups is 1. The normalized spacial score (nSPS) is 10.8. The van der Waals surface area contributed by atoms with E-state index >= 15 is 0 Å². The molecule has 0 aliphatic rings. The third kappa shape index (κ3) is 6.77. The van der Waals surface area contributed by atoms with Crippen molar-refractivity contribution in [1.82, 2.24) is 0 Å². The molecule has 0 heterocycles. The van der Waals surface area contributed by atoms with Crippen molar-refractivity contribution in [2.75, 3.05) is 13.2 Å². The average molecular weight is 405 g/mol. The monoisotopic (exact) mass is 404 g/mol. The Bertz CT molecular complexity index is 774. The molecule has 4 nitrogen and oxygen atoms in total. The fourth-order valence-electron chi connectivity index (χ4n) is 2.13. The SMILES string of the molecule is CC(=O)Oc1cccc(O)c1-c1ccc(C(F)(F)F)cc1Cl.CCOCC. The van der Waals surface area contributed by atoms with Gasteiger partial charge in [-0.2, -0.15) is 13.2 Å². The Balaban J connectivity index is 0.000000646. The summed E-state index contributed by atoms with van der Waals surface area (Å²) in [6, 6.07) is 6.87. The third-order valence-electron chi connectivity index (χ3n) is 3.23. The molecule has 2 rings (SSSR count). The molecule has 0 bridgehead atoms. The minimum absolute atomic E-state index is 0.00848. The fourth-order valence-corrected chi connectivity index (χ4v) is 2.40. The summed E-state index contributed by atoms with van der Waals surface area (Å²) in [5.41, 5.74) is -0.730. The first-order chi connectivity index (χ1) is 12.6. The molecule has 0 atom stereocenters. The maximum Gasteiger partial charge on any atom is 0.416 e. The Morgan fingerprint density at radius 2 is 1.78 bits per heavy atom. The second kappa shape index (κ2) is 10.2. The van der Waals surface area contributed by atoms with Gasteiger partial charge in [-0.3, -0.25) is 4.79 Å². The lowest BCUT2D eigenvalue weighted by atomic mass is 10.0. The smallest absolute Gasteiger partial charge is 0.416 e. The van der Waals surface area contributed by atoms with Crippen LogP contribution in [0, 0.1) is 0 Å². The zero-order chi connectivity index (χ0) is 20.6. The van der Waals surface area contributed by atoms with E-state index in [-0.39, 0.29) is 27.6 Å². The quantitative estimate of drug-likeness (QED) is 0.524. The second-order valence-corrected chi connectivity index (χ2v) is 5.62. The second-order valence-electron chi connectivity index (χ2n) is 5.22. The number of hydrogen-bond donors (Lipinski definition) is 1. The van der Waals surface area contributed by atoms with E-state index in [2.05, 4.69) is 0 Å². The molecule has 0 spiro atoms. The number of halogens is 4. The van der Waals surface area contributed by atoms with Crippen molar-refractivity contribution in [1.29, 1.82) is 0 Å². The molecule has 0 fully saturated rings. The molecule has 0 aliphatic heterocycles. The van der Waals surface area contributed by atoms with Crippen molar-refractivity contribution < 1.29 is 32.5 Å². The summed E-state index contributed by atoms with van der Waals surface area (Å²) in [6.45, 7) is 6.84. The summed E-state index contributed by atoms with van der Waals surface area (Å²) >= 11 is 5.90. The zero-order valence-electron chi connectivity index (χ0n) is 15.1. The molecule has 1 N–H and O–H groups in total. The van der Waals surface area contributed by atoms with Crippen molar-refractivity contribution in [3.8, 4) is 22.6 Å². The van der Waals surface area contributed by atoms with Crippen LogP contribution >= 0.6 is 11.6 Å². The van der Waals surface area contributed by atoms with Crippen molar-refractivity contribution in [2.45, 2.75) is 26.9 Å². The van der Waals surface area contributed by atoms with Crippen LogP contribution in [-0.2, 0) is 15.7 Å². The van der Waals surface area contributed by atoms with Gasteiger partial charge in [0.2, 0.25) is 0 Å². The summed E-state index contributed by atoms with van der Waals surface area (Å²) in [5, 5.41) is 9.72. The average Bonchev–Trinajstić information content (AvgIpc) is 2.56. The fraction of sp³-hybridized carbons (Fsp3) is 0.316. The summed E-state index contributed by atoms with van der Waals surface area (Å²) in [4.78, 5) is 11.1. The first-order valence-corrected chi connectivity index (χ1v) is 8.44. The molecule has 27 heavy (non-hydrogen) atoms. The van der Waals surface area contributed by atoms with Gasteiger partial charge in [0.25, 0.3) is 0 Å². The Kier molecular flexibility index (Phi) is 8.59. The Morgan fingerprint density at radius 1 is 1.15 bits per heavy atom. The Morgan fingerprint density at radius 3 is 2.22 bits per heavy atom. The maximum atomic E-state index is 12.7. The molecule has 0 unspecified atom stereocenters. The molecular weight excluding hydrogens is 385 g/mol. The van der Waals surface area contributed by atoms with Crippen LogP contribution in [0.25, 0.3) is 11.1 Å². The first-order valence-electron chi connectivity index (χ1n) is 8.07. The lowest BCUT2D eigenvalue weighted by Gasteiger charge is -2.14. The van der Waals surface area contributed by atoms with Crippen molar-refractivity contribution in [3.05, 3.63) is 47.0 Å². The number of carbonyl (C=O) groups excluding carboxylic acids is 1. The highest BCUT2D eigenvalue weighted by Crippen LogP contribution is 2.43. The molecule has 2 aromatic rings. The van der Waals surface area contributed by atoms with Gasteiger partial charge in [-0.15, -0.1) is 0 Å². The van der Waals surface area contributed by atoms with E-state index in [1.807, 2.05) is 13.8 Å². The number of phenolic OH excluding ortho intramolecular Hbond substituents is 1. The van der Waals surface area contributed by atoms with Gasteiger partial charge in [-0.25, -0.2) is 0 Å². The number of rotatable bonds is 4. The number of benzene rings is 2. The highest BCUT2D eigenvalue weighted by Gasteiger charge is 2.31. The van der Waals surface area contributed by atoms with Gasteiger partial charge in [0, 0.05) is 30.7 Å². The highest BCUT2D eigenvalue weighted by molar-refractivity contribution is 6.33. The van der Waals surface area contributed by atoms with E-state index in [0.717, 1.165) is 31.4 Å². The van der Waals surface area contributed by atoms with E-state index in [1.165, 1.54) is 25.1 Å². The molecule has 8 heteroatoms. The zero-order valence-corrected chi connectivity index (χ0v) is 15.8. The van der Waals surface area contributed by atoms with Gasteiger partial charge < -0.3 is 14.6 Å². The standard InChI is InChI=1S/C15H10ClF3O3.C4H10O/c1-8(20)22-13-4-2-3-12(21)14(13)10-6-5-9(7-11(10)16)15(17,18)19;1-3-5-4-2/h2-7,21H,1H3;3-4H2,1-2H3. The molecular formula is C19H20ClF3O4. The molecule has 0 amide bonds. The van der Waals surface area contributed by atoms with Gasteiger partial charge in [0.05, 0.1) is 11.1 Å². The molecule has 148 valence electrons. The van der Waals surface area contributed by atoms with Gasteiger partial charge in [-0.1, -0.05) is 23.7 Å². The summed E-state index contributed by atoms with van der Waals surface area (Å²) in [7, 11) is 0. The van der Waals surface area contributed by atoms with Crippen LogP contribution in [0.3, 0.4) is 0 Å². The Labute approximate surface area is 160 Å². The number of ether oxygens (including phenoxy) is 2. The Hall–Kier alpha value is -2.25. The van der Waals surface area contributed by atoms with Crippen LogP contribution in [0.5, 0.6) is 11.5 Å². The van der Waals surface area contributed by atoms with Gasteiger partial charge >= 0.3 is 12.1 Å². The van der Waals surface area contributed by atoms with Crippen molar-refractivity contribution in [3.63, 3.8) is 0 Å². The predicted molar refractivity (Wildman–Crippen MR) is 97.0 cm³/mol. The minimum atomic E-state index is -4.53. The topological polar surface area (TPSA) is 55.8 Å². The molecule has 2 aromatic carbocycles. The minimum Gasteiger partial charge on any atom is -0.507 e. The van der Waals surface area contributed by atoms with Crippen LogP contribution in [0.4, 0.5) is 13.2 Å². The predicted octanol–water partition coefficient (Wildman–Crippen LogP) is 5.70. The number of carbonyl (C=O) groups is 1. The number of phenols is 1. The van der Waals surface area contributed by atoms with Crippen LogP contribution < -0.4 is 4.74 Å². The van der Waals surface area contributed by atoms with Crippen LogP contribution in [0.15, 0.2) is 36.4 Å². The number of alkyl halides is 3.